The minimum absolute atomic E-state index is 0.184. The van der Waals surface area contributed by atoms with Crippen LogP contribution in [0.3, 0.4) is 0 Å². The second-order valence-corrected chi connectivity index (χ2v) is 5.62. The fraction of sp³-hybridized carbons (Fsp3) is 0.0588. The molecule has 0 aliphatic carbocycles. The maximum Gasteiger partial charge on any atom is 0.205 e. The lowest BCUT2D eigenvalue weighted by Crippen LogP contribution is -2.11. The average Bonchev–Trinajstić information content (AvgIpc) is 2.96. The van der Waals surface area contributed by atoms with Crippen LogP contribution in [-0.4, -0.2) is 23.0 Å². The van der Waals surface area contributed by atoms with Crippen molar-refractivity contribution in [1.82, 2.24) is 4.68 Å². The second kappa shape index (κ2) is 6.58. The quantitative estimate of drug-likeness (QED) is 0.736. The molecule has 0 radical (unpaired) electrons. The van der Waals surface area contributed by atoms with Crippen molar-refractivity contribution in [2.45, 2.75) is 0 Å². The van der Waals surface area contributed by atoms with E-state index in [0.717, 1.165) is 21.6 Å². The van der Waals surface area contributed by atoms with E-state index in [1.54, 1.807) is 48.3 Å². The van der Waals surface area contributed by atoms with Gasteiger partial charge in [0.15, 0.2) is 0 Å². The number of rotatable bonds is 3. The van der Waals surface area contributed by atoms with Crippen molar-refractivity contribution in [2.75, 3.05) is 7.05 Å². The number of halogens is 1. The third-order valence-corrected chi connectivity index (χ3v) is 4.12. The van der Waals surface area contributed by atoms with Crippen LogP contribution in [0.5, 0.6) is 5.75 Å². The molecule has 0 aliphatic rings. The smallest absolute Gasteiger partial charge is 0.205 e. The highest BCUT2D eigenvalue weighted by Gasteiger charge is 2.07. The van der Waals surface area contributed by atoms with Crippen LogP contribution >= 0.6 is 11.3 Å². The Bertz CT molecular complexity index is 910. The molecule has 0 fully saturated rings. The molecule has 2 aromatic carbocycles. The van der Waals surface area contributed by atoms with Gasteiger partial charge >= 0.3 is 0 Å². The van der Waals surface area contributed by atoms with Gasteiger partial charge in [0.1, 0.15) is 11.6 Å². The Morgan fingerprint density at radius 1 is 1.17 bits per heavy atom. The summed E-state index contributed by atoms with van der Waals surface area (Å²) >= 11 is 1.45. The monoisotopic (exact) mass is 327 g/mol. The number of aromatic hydroxyl groups is 1. The minimum atomic E-state index is -0.279. The highest BCUT2D eigenvalue weighted by molar-refractivity contribution is 7.07. The molecule has 1 aromatic heterocycles. The molecule has 23 heavy (non-hydrogen) atoms. The lowest BCUT2D eigenvalue weighted by molar-refractivity contribution is 0.475. The first-order valence-electron chi connectivity index (χ1n) is 6.90. The highest BCUT2D eigenvalue weighted by atomic mass is 32.1. The number of thiazole rings is 1. The van der Waals surface area contributed by atoms with Gasteiger partial charge in [0.2, 0.25) is 4.80 Å². The summed E-state index contributed by atoms with van der Waals surface area (Å²) in [6, 6.07) is 13.1. The molecule has 0 saturated heterocycles. The predicted octanol–water partition coefficient (Wildman–Crippen LogP) is 3.47. The molecule has 0 aliphatic heterocycles. The van der Waals surface area contributed by atoms with Gasteiger partial charge in [0, 0.05) is 18.0 Å². The van der Waals surface area contributed by atoms with Gasteiger partial charge in [-0.1, -0.05) is 12.1 Å². The number of nitrogens with zero attached hydrogens (tertiary/aromatic N) is 3. The van der Waals surface area contributed by atoms with Crippen molar-refractivity contribution >= 4 is 17.6 Å². The molecule has 0 amide bonds. The van der Waals surface area contributed by atoms with Gasteiger partial charge in [-0.25, -0.2) is 9.07 Å². The fourth-order valence-electron chi connectivity index (χ4n) is 2.11. The summed E-state index contributed by atoms with van der Waals surface area (Å²) in [4.78, 5) is 4.93. The Morgan fingerprint density at radius 2 is 1.96 bits per heavy atom. The zero-order chi connectivity index (χ0) is 16.2. The van der Waals surface area contributed by atoms with Crippen molar-refractivity contribution in [3.63, 3.8) is 0 Å². The van der Waals surface area contributed by atoms with E-state index in [1.807, 2.05) is 11.4 Å². The summed E-state index contributed by atoms with van der Waals surface area (Å²) in [6.07, 6.45) is 1.65. The van der Waals surface area contributed by atoms with E-state index in [-0.39, 0.29) is 11.6 Å². The minimum Gasteiger partial charge on any atom is -0.508 e. The first-order valence-corrected chi connectivity index (χ1v) is 7.78. The number of benzene rings is 2. The van der Waals surface area contributed by atoms with Crippen LogP contribution in [0.4, 0.5) is 4.39 Å². The van der Waals surface area contributed by atoms with E-state index in [2.05, 4.69) is 10.1 Å². The maximum absolute atomic E-state index is 13.1. The molecule has 0 saturated carbocycles. The van der Waals surface area contributed by atoms with E-state index in [1.165, 1.54) is 23.5 Å². The first kappa shape index (κ1) is 15.2. The topological polar surface area (TPSA) is 49.9 Å². The molecule has 0 unspecified atom stereocenters. The van der Waals surface area contributed by atoms with E-state index >= 15 is 0 Å². The number of hydrogen-bond donors (Lipinski definition) is 1. The van der Waals surface area contributed by atoms with Crippen molar-refractivity contribution in [3.8, 4) is 17.0 Å². The highest BCUT2D eigenvalue weighted by Crippen LogP contribution is 2.20. The van der Waals surface area contributed by atoms with Crippen molar-refractivity contribution in [1.29, 1.82) is 0 Å². The largest absolute Gasteiger partial charge is 0.508 e. The van der Waals surface area contributed by atoms with Crippen LogP contribution in [0.1, 0.15) is 5.56 Å². The van der Waals surface area contributed by atoms with Crippen molar-refractivity contribution < 1.29 is 9.50 Å². The Balaban J connectivity index is 2.04. The fourth-order valence-corrected chi connectivity index (χ4v) is 2.91. The normalized spacial score (nSPS) is 12.2. The zero-order valence-corrected chi connectivity index (χ0v) is 13.2. The van der Waals surface area contributed by atoms with Crippen molar-refractivity contribution in [3.05, 3.63) is 70.1 Å². The Labute approximate surface area is 136 Å². The van der Waals surface area contributed by atoms with Gasteiger partial charge in [0.25, 0.3) is 0 Å². The molecule has 1 heterocycles. The summed E-state index contributed by atoms with van der Waals surface area (Å²) in [5, 5.41) is 15.9. The number of phenols is 1. The third kappa shape index (κ3) is 3.37. The molecule has 4 nitrogen and oxygen atoms in total. The van der Waals surface area contributed by atoms with Crippen LogP contribution in [0, 0.1) is 5.82 Å². The molecule has 0 bridgehead atoms. The Hall–Kier alpha value is -2.73. The van der Waals surface area contributed by atoms with E-state index in [0.29, 0.717) is 0 Å². The lowest BCUT2D eigenvalue weighted by atomic mass is 10.2. The summed E-state index contributed by atoms with van der Waals surface area (Å²) in [5.74, 6) is -0.0948. The van der Waals surface area contributed by atoms with Crippen LogP contribution in [-0.2, 0) is 0 Å². The zero-order valence-electron chi connectivity index (χ0n) is 12.3. The molecular formula is C17H14FN3OS. The van der Waals surface area contributed by atoms with E-state index in [4.69, 9.17) is 0 Å². The van der Waals surface area contributed by atoms with Gasteiger partial charge in [-0.3, -0.25) is 4.99 Å². The predicted molar refractivity (Wildman–Crippen MR) is 90.3 cm³/mol. The second-order valence-electron chi connectivity index (χ2n) is 4.79. The van der Waals surface area contributed by atoms with Gasteiger partial charge in [-0.05, 0) is 42.0 Å². The Kier molecular flexibility index (Phi) is 4.34. The first-order chi connectivity index (χ1) is 11.2. The molecule has 0 spiro atoms. The lowest BCUT2D eigenvalue weighted by Gasteiger charge is -2.03. The van der Waals surface area contributed by atoms with Gasteiger partial charge < -0.3 is 5.11 Å². The van der Waals surface area contributed by atoms with Crippen LogP contribution in [0.25, 0.3) is 11.3 Å². The summed E-state index contributed by atoms with van der Waals surface area (Å²) < 4.78 is 14.8. The molecule has 3 rings (SSSR count). The van der Waals surface area contributed by atoms with Gasteiger partial charge in [-0.2, -0.15) is 5.10 Å². The molecular weight excluding hydrogens is 313 g/mol. The van der Waals surface area contributed by atoms with Crippen LogP contribution in [0.2, 0.25) is 0 Å². The molecule has 3 aromatic rings. The summed E-state index contributed by atoms with van der Waals surface area (Å²) in [6.45, 7) is 0. The van der Waals surface area contributed by atoms with E-state index < -0.39 is 0 Å². The summed E-state index contributed by atoms with van der Waals surface area (Å²) in [5.41, 5.74) is 2.45. The number of hydrogen-bond acceptors (Lipinski definition) is 4. The van der Waals surface area contributed by atoms with Crippen LogP contribution in [0.15, 0.2) is 64.0 Å². The maximum atomic E-state index is 13.1. The molecule has 116 valence electrons. The Morgan fingerprint density at radius 3 is 2.65 bits per heavy atom. The van der Waals surface area contributed by atoms with Crippen molar-refractivity contribution in [2.24, 2.45) is 10.1 Å². The third-order valence-electron chi connectivity index (χ3n) is 3.21. The molecule has 1 N–H and O–H groups in total. The SMILES string of the molecule is CN=c1scc(-c2ccc(F)cc2)n1N=Cc1cccc(O)c1. The average molecular weight is 327 g/mol. The molecule has 0 atom stereocenters. The summed E-state index contributed by atoms with van der Waals surface area (Å²) in [7, 11) is 1.70. The standard InChI is InChI=1S/C17H14FN3OS/c1-19-17-21(20-10-12-3-2-4-15(22)9-12)16(11-23-17)13-5-7-14(18)8-6-13/h2-11,22H,1H3. The molecule has 6 heteroatoms. The number of aromatic nitrogens is 1. The number of phenolic OH excluding ortho intramolecular Hbond substituents is 1. The van der Waals surface area contributed by atoms with Crippen LogP contribution < -0.4 is 4.80 Å². The van der Waals surface area contributed by atoms with Gasteiger partial charge in [-0.15, -0.1) is 11.3 Å². The van der Waals surface area contributed by atoms with E-state index in [9.17, 15) is 9.50 Å². The van der Waals surface area contributed by atoms with Gasteiger partial charge in [0.05, 0.1) is 11.9 Å².